The number of aliphatic hydroxyl groups is 8. The van der Waals surface area contributed by atoms with E-state index in [9.17, 15) is 50.4 Å². The highest BCUT2D eigenvalue weighted by molar-refractivity contribution is 5.83. The lowest BCUT2D eigenvalue weighted by molar-refractivity contribution is -0.345. The topological polar surface area (TPSA) is 270 Å². The highest BCUT2D eigenvalue weighted by Crippen LogP contribution is 2.44. The zero-order valence-corrected chi connectivity index (χ0v) is 43.7. The van der Waals surface area contributed by atoms with Gasteiger partial charge in [-0.25, -0.2) is 9.59 Å². The van der Waals surface area contributed by atoms with Crippen LogP contribution in [0.15, 0.2) is 48.6 Å². The highest BCUT2D eigenvalue weighted by Gasteiger charge is 2.54. The van der Waals surface area contributed by atoms with Crippen molar-refractivity contribution in [3.05, 3.63) is 48.6 Å². The molecule has 406 valence electrons. The van der Waals surface area contributed by atoms with E-state index in [1.165, 1.54) is 24.3 Å². The minimum atomic E-state index is -1.88. The Kier molecular flexibility index (Phi) is 21.1. The van der Waals surface area contributed by atoms with Crippen LogP contribution in [0.5, 0.6) is 0 Å². The number of esters is 2. The van der Waals surface area contributed by atoms with Gasteiger partial charge in [-0.1, -0.05) is 91.8 Å². The van der Waals surface area contributed by atoms with Crippen molar-refractivity contribution < 1.29 is 88.3 Å². The number of hydrogen-bond donors (Lipinski definition) is 8. The molecule has 18 nitrogen and oxygen atoms in total. The smallest absolute Gasteiger partial charge is 0.331 e. The van der Waals surface area contributed by atoms with Crippen LogP contribution in [0.1, 0.15) is 115 Å². The average Bonchev–Trinajstić information content (AvgIpc) is 3.30. The van der Waals surface area contributed by atoms with E-state index >= 15 is 0 Å². The van der Waals surface area contributed by atoms with E-state index in [2.05, 4.69) is 0 Å². The predicted molar refractivity (Wildman–Crippen MR) is 258 cm³/mol. The molecule has 5 heterocycles. The molecule has 5 aliphatic heterocycles. The largest absolute Gasteiger partial charge is 0.458 e. The van der Waals surface area contributed by atoms with Gasteiger partial charge in [0.2, 0.25) is 0 Å². The van der Waals surface area contributed by atoms with Gasteiger partial charge in [-0.15, -0.1) is 0 Å². The minimum Gasteiger partial charge on any atom is -0.458 e. The summed E-state index contributed by atoms with van der Waals surface area (Å²) in [7, 11) is 0. The van der Waals surface area contributed by atoms with Gasteiger partial charge in [0.25, 0.3) is 0 Å². The summed E-state index contributed by atoms with van der Waals surface area (Å²) in [4.78, 5) is 27.0. The summed E-state index contributed by atoms with van der Waals surface area (Å²) in [6, 6.07) is 0. The van der Waals surface area contributed by atoms with Gasteiger partial charge in [-0.3, -0.25) is 0 Å². The fourth-order valence-electron chi connectivity index (χ4n) is 11.1. The Morgan fingerprint density at radius 2 is 1.00 bits per heavy atom. The van der Waals surface area contributed by atoms with Crippen LogP contribution in [0.3, 0.4) is 0 Å². The van der Waals surface area contributed by atoms with Crippen molar-refractivity contribution in [3.63, 3.8) is 0 Å². The molecule has 0 aromatic heterocycles. The standard InChI is InChI=1S/C53H86O18/c1-13-37-34(10)71-53(63,25-41(37)67-45-23-39(55)49(61)36(12)65-45)32(8)47(59)30(6)51-27(3)19-15-17-20-42(56)68-50(26(2)18-14-16-21-43(57)69-51)29(5)46(58)31(7)52(62)24-40(28(4)33(9)70-52)66-44-22-38(54)48(60)35(11)64-44/h14-21,26-41,44-51,54-55,58-63H,13,22-25H2,1-12H3/b18-14+,19-15+,20-17+,21-16+/t26-,27-,28+,29+,30-,31-,32-,33+,34-,35-,36+,37-,38-,39+,40+,41-,44+,45+,46-,47+,48+,49-,50-,51-,52+,53-/m0/s1. The molecule has 5 rings (SSSR count). The van der Waals surface area contributed by atoms with Crippen LogP contribution in [0.25, 0.3) is 0 Å². The third kappa shape index (κ3) is 14.4. The van der Waals surface area contributed by atoms with Crippen molar-refractivity contribution in [2.45, 2.75) is 225 Å². The lowest BCUT2D eigenvalue weighted by atomic mass is 9.76. The van der Waals surface area contributed by atoms with Crippen LogP contribution < -0.4 is 0 Å². The number of cyclic esters (lactones) is 2. The maximum Gasteiger partial charge on any atom is 0.331 e. The van der Waals surface area contributed by atoms with Crippen molar-refractivity contribution in [2.24, 2.45) is 47.3 Å². The van der Waals surface area contributed by atoms with Crippen molar-refractivity contribution in [1.29, 1.82) is 0 Å². The Bertz CT molecular complexity index is 1820. The molecule has 0 amide bonds. The Morgan fingerprint density at radius 3 is 1.41 bits per heavy atom. The first kappa shape index (κ1) is 59.2. The van der Waals surface area contributed by atoms with Gasteiger partial charge in [0, 0.05) is 85.2 Å². The SMILES string of the molecule is CC[C@H]1[C@H](C)O[C@](O)([C@@H](C)[C@H](O)[C@H](C)[C@H]2OC(=O)/C=C/C=C/[C@H](C)[C@@H]([C@H](C)[C@H](O)[C@H](C)[C@@]3(O)C[C@@H](O[C@@H]4C[C@H](O)[C@H](O)[C@H](C)O4)[C@H](C)[C@@H](C)O3)OC(=O)/C=C/C=C/[C@@H]2C)C[C@@H]1O[C@@H]1C[C@@H](O)[C@@H](O)[C@@H](C)O1. The predicted octanol–water partition coefficient (Wildman–Crippen LogP) is 3.73. The monoisotopic (exact) mass is 1010 g/mol. The summed E-state index contributed by atoms with van der Waals surface area (Å²) in [5.74, 6) is -9.89. The third-order valence-corrected chi connectivity index (χ3v) is 16.3. The fourth-order valence-corrected chi connectivity index (χ4v) is 11.1. The van der Waals surface area contributed by atoms with Crippen LogP contribution in [-0.2, 0) is 47.5 Å². The van der Waals surface area contributed by atoms with Crippen LogP contribution >= 0.6 is 0 Å². The number of carbonyl (C=O) groups excluding carboxylic acids is 2. The third-order valence-electron chi connectivity index (χ3n) is 16.3. The first-order chi connectivity index (χ1) is 33.2. The summed E-state index contributed by atoms with van der Waals surface area (Å²) in [6.07, 6.45) is -1.03. The second kappa shape index (κ2) is 25.2. The van der Waals surface area contributed by atoms with E-state index < -0.39 is 157 Å². The molecule has 5 aliphatic rings. The number of carbonyl (C=O) groups is 2. The number of allylic oxidation sites excluding steroid dienone is 4. The molecule has 0 aromatic rings. The number of ether oxygens (including phenoxy) is 8. The molecule has 71 heavy (non-hydrogen) atoms. The van der Waals surface area contributed by atoms with Crippen molar-refractivity contribution in [1.82, 2.24) is 0 Å². The molecule has 0 aromatic carbocycles. The van der Waals surface area contributed by atoms with E-state index in [4.69, 9.17) is 37.9 Å². The van der Waals surface area contributed by atoms with E-state index in [1.54, 1.807) is 86.6 Å². The average molecular weight is 1010 g/mol. The second-order valence-electron chi connectivity index (χ2n) is 21.4. The Balaban J connectivity index is 1.28. The molecule has 26 atom stereocenters. The van der Waals surface area contributed by atoms with Gasteiger partial charge in [-0.05, 0) is 34.1 Å². The molecular weight excluding hydrogens is 925 g/mol. The van der Waals surface area contributed by atoms with Gasteiger partial charge in [0.1, 0.15) is 24.4 Å². The van der Waals surface area contributed by atoms with Gasteiger partial charge >= 0.3 is 11.9 Å². The van der Waals surface area contributed by atoms with Crippen LogP contribution in [0, 0.1) is 47.3 Å². The van der Waals surface area contributed by atoms with Crippen molar-refractivity contribution in [3.8, 4) is 0 Å². The first-order valence-corrected chi connectivity index (χ1v) is 25.8. The molecule has 18 heteroatoms. The van der Waals surface area contributed by atoms with Crippen LogP contribution in [-0.4, -0.2) is 162 Å². The Labute approximate surface area is 420 Å². The molecule has 0 bridgehead atoms. The van der Waals surface area contributed by atoms with Crippen molar-refractivity contribution >= 4 is 11.9 Å². The molecular formula is C53H86O18. The molecule has 0 aliphatic carbocycles. The molecule has 0 spiro atoms. The molecule has 8 N–H and O–H groups in total. The molecule has 4 saturated heterocycles. The maximum absolute atomic E-state index is 13.5. The lowest BCUT2D eigenvalue weighted by Crippen LogP contribution is -2.59. The molecule has 0 saturated carbocycles. The van der Waals surface area contributed by atoms with Crippen LogP contribution in [0.2, 0.25) is 0 Å². The lowest BCUT2D eigenvalue weighted by Gasteiger charge is -2.50. The van der Waals surface area contributed by atoms with Gasteiger partial charge in [-0.2, -0.15) is 0 Å². The van der Waals surface area contributed by atoms with E-state index in [-0.39, 0.29) is 37.5 Å². The van der Waals surface area contributed by atoms with Crippen molar-refractivity contribution in [2.75, 3.05) is 0 Å². The molecule has 4 fully saturated rings. The summed E-state index contributed by atoms with van der Waals surface area (Å²) in [5.41, 5.74) is 0. The highest BCUT2D eigenvalue weighted by atomic mass is 16.7. The summed E-state index contributed by atoms with van der Waals surface area (Å²) in [5, 5.41) is 89.3. The first-order valence-electron chi connectivity index (χ1n) is 25.8. The van der Waals surface area contributed by atoms with Gasteiger partial charge in [0.15, 0.2) is 24.2 Å². The normalized spacial score (nSPS) is 46.5. The maximum atomic E-state index is 13.5. The Hall–Kier alpha value is -2.66. The quantitative estimate of drug-likeness (QED) is 0.122. The van der Waals surface area contributed by atoms with Crippen LogP contribution in [0.4, 0.5) is 0 Å². The summed E-state index contributed by atoms with van der Waals surface area (Å²) < 4.78 is 48.8. The van der Waals surface area contributed by atoms with E-state index in [1.807, 2.05) is 20.8 Å². The van der Waals surface area contributed by atoms with Gasteiger partial charge < -0.3 is 78.7 Å². The number of rotatable bonds is 13. The fraction of sp³-hybridized carbons (Fsp3) is 0.811. The van der Waals surface area contributed by atoms with Gasteiger partial charge in [0.05, 0.1) is 61.0 Å². The second-order valence-corrected chi connectivity index (χ2v) is 21.4. The number of hydrogen-bond acceptors (Lipinski definition) is 18. The number of aliphatic hydroxyl groups excluding tert-OH is 6. The van der Waals surface area contributed by atoms with E-state index in [0.29, 0.717) is 6.42 Å². The molecule has 0 unspecified atom stereocenters. The molecule has 0 radical (unpaired) electrons. The summed E-state index contributed by atoms with van der Waals surface area (Å²) >= 11 is 0. The minimum absolute atomic E-state index is 0.0265. The zero-order valence-electron chi connectivity index (χ0n) is 43.7. The van der Waals surface area contributed by atoms with E-state index in [0.717, 1.165) is 0 Å². The zero-order chi connectivity index (χ0) is 52.9. The Morgan fingerprint density at radius 1 is 0.606 bits per heavy atom. The summed E-state index contributed by atoms with van der Waals surface area (Å²) in [6.45, 7) is 21.1.